The molecular weight excluding hydrogens is 300 g/mol. The van der Waals surface area contributed by atoms with Crippen molar-refractivity contribution in [3.05, 3.63) is 65.7 Å². The number of ether oxygens (including phenoxy) is 1. The summed E-state index contributed by atoms with van der Waals surface area (Å²) >= 11 is 0. The molecule has 3 N–H and O–H groups in total. The number of para-hydroxylation sites is 1. The number of aliphatic hydroxyl groups excluding tert-OH is 1. The van der Waals surface area contributed by atoms with Gasteiger partial charge in [0.15, 0.2) is 0 Å². The zero-order chi connectivity index (χ0) is 17.2. The van der Waals surface area contributed by atoms with Crippen LogP contribution in [-0.4, -0.2) is 36.9 Å². The monoisotopic (exact) mass is 328 g/mol. The van der Waals surface area contributed by atoms with Crippen molar-refractivity contribution < 1.29 is 9.84 Å². The van der Waals surface area contributed by atoms with Gasteiger partial charge in [-0.1, -0.05) is 48.5 Å². The van der Waals surface area contributed by atoms with E-state index in [0.29, 0.717) is 19.2 Å². The van der Waals surface area contributed by atoms with Crippen LogP contribution >= 0.6 is 0 Å². The van der Waals surface area contributed by atoms with Gasteiger partial charge >= 0.3 is 0 Å². The largest absolute Gasteiger partial charge is 0.491 e. The maximum atomic E-state index is 10.0. The van der Waals surface area contributed by atoms with E-state index in [0.717, 1.165) is 24.4 Å². The number of nitrogens with one attached hydrogen (secondary N) is 2. The number of hydrogen-bond acceptors (Lipinski definition) is 4. The van der Waals surface area contributed by atoms with Crippen molar-refractivity contribution >= 4 is 0 Å². The highest BCUT2D eigenvalue weighted by atomic mass is 16.5. The molecule has 0 aliphatic carbocycles. The summed E-state index contributed by atoms with van der Waals surface area (Å²) in [6.07, 6.45) is -0.522. The van der Waals surface area contributed by atoms with Crippen molar-refractivity contribution in [3.63, 3.8) is 0 Å². The lowest BCUT2D eigenvalue weighted by molar-refractivity contribution is 0.105. The summed E-state index contributed by atoms with van der Waals surface area (Å²) in [5.74, 6) is 0.828. The molecule has 0 aliphatic heterocycles. The van der Waals surface area contributed by atoms with Gasteiger partial charge in [0.25, 0.3) is 0 Å². The molecule has 2 aromatic rings. The van der Waals surface area contributed by atoms with Gasteiger partial charge in [0.05, 0.1) is 0 Å². The molecule has 0 fully saturated rings. The Morgan fingerprint density at radius 3 is 2.46 bits per heavy atom. The fraction of sp³-hybridized carbons (Fsp3) is 0.400. The minimum atomic E-state index is -0.522. The van der Waals surface area contributed by atoms with Crippen LogP contribution in [0, 0.1) is 6.92 Å². The average Bonchev–Trinajstić information content (AvgIpc) is 2.60. The van der Waals surface area contributed by atoms with Crippen LogP contribution in [0.3, 0.4) is 0 Å². The van der Waals surface area contributed by atoms with Crippen LogP contribution in [0.2, 0.25) is 0 Å². The summed E-state index contributed by atoms with van der Waals surface area (Å²) in [6.45, 7) is 6.59. The van der Waals surface area contributed by atoms with E-state index in [4.69, 9.17) is 4.74 Å². The first-order valence-corrected chi connectivity index (χ1v) is 8.49. The Morgan fingerprint density at radius 2 is 1.71 bits per heavy atom. The van der Waals surface area contributed by atoms with E-state index >= 15 is 0 Å². The number of rotatable bonds is 10. The Labute approximate surface area is 144 Å². The molecule has 0 aliphatic rings. The highest BCUT2D eigenvalue weighted by molar-refractivity contribution is 5.31. The molecule has 4 heteroatoms. The highest BCUT2D eigenvalue weighted by Gasteiger charge is 2.07. The Morgan fingerprint density at radius 1 is 1.00 bits per heavy atom. The average molecular weight is 328 g/mol. The van der Waals surface area contributed by atoms with Crippen molar-refractivity contribution in [1.82, 2.24) is 10.6 Å². The van der Waals surface area contributed by atoms with Crippen LogP contribution in [0.5, 0.6) is 5.75 Å². The molecular formula is C20H28N2O2. The summed E-state index contributed by atoms with van der Waals surface area (Å²) in [4.78, 5) is 0. The van der Waals surface area contributed by atoms with E-state index in [9.17, 15) is 5.11 Å². The first kappa shape index (κ1) is 18.5. The van der Waals surface area contributed by atoms with Crippen LogP contribution in [0.1, 0.15) is 18.1 Å². The standard InChI is InChI=1S/C20H28N2O2/c1-16-8-6-7-11-20(16)24-15-19(23)14-21-12-17(2)22-13-18-9-4-3-5-10-18/h3-11,17,19,21-23H,12-15H2,1-2H3. The first-order chi connectivity index (χ1) is 11.6. The van der Waals surface area contributed by atoms with Gasteiger partial charge in [-0.25, -0.2) is 0 Å². The topological polar surface area (TPSA) is 53.5 Å². The van der Waals surface area contributed by atoms with Gasteiger partial charge in [0.2, 0.25) is 0 Å². The summed E-state index contributed by atoms with van der Waals surface area (Å²) in [5, 5.41) is 16.8. The van der Waals surface area contributed by atoms with Crippen molar-refractivity contribution in [2.75, 3.05) is 19.7 Å². The molecule has 2 atom stereocenters. The molecule has 0 saturated heterocycles. The van der Waals surface area contributed by atoms with Gasteiger partial charge in [-0.3, -0.25) is 0 Å². The Balaban J connectivity index is 1.58. The quantitative estimate of drug-likeness (QED) is 0.627. The van der Waals surface area contributed by atoms with E-state index in [2.05, 4.69) is 29.7 Å². The van der Waals surface area contributed by atoms with Gasteiger partial charge in [0, 0.05) is 25.7 Å². The van der Waals surface area contributed by atoms with Crippen LogP contribution in [0.15, 0.2) is 54.6 Å². The van der Waals surface area contributed by atoms with Crippen LogP contribution < -0.4 is 15.4 Å². The normalized spacial score (nSPS) is 13.5. The number of benzene rings is 2. The smallest absolute Gasteiger partial charge is 0.122 e. The van der Waals surface area contributed by atoms with E-state index in [-0.39, 0.29) is 0 Å². The molecule has 0 aromatic heterocycles. The minimum Gasteiger partial charge on any atom is -0.491 e. The van der Waals surface area contributed by atoms with E-state index in [1.54, 1.807) is 0 Å². The Hall–Kier alpha value is -1.88. The highest BCUT2D eigenvalue weighted by Crippen LogP contribution is 2.16. The van der Waals surface area contributed by atoms with Gasteiger partial charge in [-0.2, -0.15) is 0 Å². The fourth-order valence-electron chi connectivity index (χ4n) is 2.39. The summed E-state index contributed by atoms with van der Waals surface area (Å²) < 4.78 is 5.66. The first-order valence-electron chi connectivity index (χ1n) is 8.49. The molecule has 0 radical (unpaired) electrons. The molecule has 2 unspecified atom stereocenters. The Kier molecular flexibility index (Phi) is 7.75. The predicted octanol–water partition coefficient (Wildman–Crippen LogP) is 2.50. The molecule has 24 heavy (non-hydrogen) atoms. The van der Waals surface area contributed by atoms with Crippen molar-refractivity contribution in [3.8, 4) is 5.75 Å². The predicted molar refractivity (Wildman–Crippen MR) is 98.3 cm³/mol. The van der Waals surface area contributed by atoms with Crippen LogP contribution in [0.4, 0.5) is 0 Å². The van der Waals surface area contributed by atoms with Crippen molar-refractivity contribution in [2.24, 2.45) is 0 Å². The van der Waals surface area contributed by atoms with Gasteiger partial charge in [-0.15, -0.1) is 0 Å². The molecule has 0 spiro atoms. The van der Waals surface area contributed by atoms with Gasteiger partial charge in [0.1, 0.15) is 18.5 Å². The van der Waals surface area contributed by atoms with Crippen molar-refractivity contribution in [2.45, 2.75) is 32.5 Å². The lowest BCUT2D eigenvalue weighted by Gasteiger charge is -2.17. The second-order valence-corrected chi connectivity index (χ2v) is 6.16. The fourth-order valence-corrected chi connectivity index (χ4v) is 2.39. The third kappa shape index (κ3) is 6.71. The zero-order valence-corrected chi connectivity index (χ0v) is 14.5. The van der Waals surface area contributed by atoms with E-state index in [1.165, 1.54) is 5.56 Å². The lowest BCUT2D eigenvalue weighted by atomic mass is 10.2. The molecule has 130 valence electrons. The third-order valence-electron chi connectivity index (χ3n) is 3.85. The SMILES string of the molecule is Cc1ccccc1OCC(O)CNCC(C)NCc1ccccc1. The maximum Gasteiger partial charge on any atom is 0.122 e. The zero-order valence-electron chi connectivity index (χ0n) is 14.5. The second-order valence-electron chi connectivity index (χ2n) is 6.16. The second kappa shape index (κ2) is 10.1. The summed E-state index contributed by atoms with van der Waals surface area (Å²) in [7, 11) is 0. The Bertz CT molecular complexity index is 589. The van der Waals surface area contributed by atoms with E-state index in [1.807, 2.05) is 49.4 Å². The molecule has 2 rings (SSSR count). The van der Waals surface area contributed by atoms with E-state index < -0.39 is 6.10 Å². The molecule has 0 heterocycles. The summed E-state index contributed by atoms with van der Waals surface area (Å²) in [6, 6.07) is 18.5. The number of hydrogen-bond donors (Lipinski definition) is 3. The van der Waals surface area contributed by atoms with Crippen LogP contribution in [-0.2, 0) is 6.54 Å². The van der Waals surface area contributed by atoms with Crippen molar-refractivity contribution in [1.29, 1.82) is 0 Å². The molecule has 0 amide bonds. The number of aryl methyl sites for hydroxylation is 1. The molecule has 4 nitrogen and oxygen atoms in total. The van der Waals surface area contributed by atoms with Crippen LogP contribution in [0.25, 0.3) is 0 Å². The van der Waals surface area contributed by atoms with Gasteiger partial charge in [-0.05, 0) is 31.0 Å². The lowest BCUT2D eigenvalue weighted by Crippen LogP contribution is -2.40. The van der Waals surface area contributed by atoms with Gasteiger partial charge < -0.3 is 20.5 Å². The third-order valence-corrected chi connectivity index (χ3v) is 3.85. The molecule has 0 bridgehead atoms. The molecule has 0 saturated carbocycles. The summed E-state index contributed by atoms with van der Waals surface area (Å²) in [5.41, 5.74) is 2.35. The maximum absolute atomic E-state index is 10.0. The minimum absolute atomic E-state index is 0.295. The molecule has 2 aromatic carbocycles. The number of aliphatic hydroxyl groups is 1.